The van der Waals surface area contributed by atoms with Crippen molar-refractivity contribution >= 4 is 15.7 Å². The van der Waals surface area contributed by atoms with Gasteiger partial charge in [0, 0.05) is 38.4 Å². The maximum atomic E-state index is 12.5. The molecule has 0 spiro atoms. The van der Waals surface area contributed by atoms with Crippen LogP contribution in [0.15, 0.2) is 47.9 Å². The number of aryl methyl sites for hydroxylation is 1. The maximum Gasteiger partial charge on any atom is 0.223 e. The van der Waals surface area contributed by atoms with Gasteiger partial charge in [-0.3, -0.25) is 4.79 Å². The van der Waals surface area contributed by atoms with Gasteiger partial charge in [-0.1, -0.05) is 17.7 Å². The molecule has 0 N–H and O–H groups in total. The van der Waals surface area contributed by atoms with Crippen LogP contribution in [0.1, 0.15) is 24.8 Å². The van der Waals surface area contributed by atoms with Crippen LogP contribution in [0.25, 0.3) is 0 Å². The van der Waals surface area contributed by atoms with Gasteiger partial charge in [-0.05, 0) is 37.8 Å². The zero-order valence-corrected chi connectivity index (χ0v) is 15.9. The molecule has 3 rings (SSSR count). The fraction of sp³-hybridized carbons (Fsp3) is 0.474. The Morgan fingerprint density at radius 2 is 2.04 bits per heavy atom. The van der Waals surface area contributed by atoms with E-state index in [0.717, 1.165) is 24.9 Å². The Kier molecular flexibility index (Phi) is 5.76. The van der Waals surface area contributed by atoms with Crippen LogP contribution in [0.5, 0.6) is 0 Å². The topological polar surface area (TPSA) is 72.3 Å². The number of sulfone groups is 1. The molecule has 1 aliphatic heterocycles. The Bertz CT molecular complexity index is 829. The molecule has 0 bridgehead atoms. The minimum atomic E-state index is -3.43. The molecule has 1 aromatic carbocycles. The summed E-state index contributed by atoms with van der Waals surface area (Å²) < 4.78 is 26.9. The zero-order valence-electron chi connectivity index (χ0n) is 15.0. The van der Waals surface area contributed by atoms with Crippen molar-refractivity contribution in [2.75, 3.05) is 18.8 Å². The molecule has 1 unspecified atom stereocenters. The molecule has 1 saturated heterocycles. The number of nitrogens with zero attached hydrogens (tertiary/aromatic N) is 3. The Balaban J connectivity index is 1.54. The van der Waals surface area contributed by atoms with Gasteiger partial charge in [0.25, 0.3) is 0 Å². The van der Waals surface area contributed by atoms with Gasteiger partial charge in [-0.15, -0.1) is 0 Å². The highest BCUT2D eigenvalue weighted by Crippen LogP contribution is 2.20. The molecule has 0 radical (unpaired) electrons. The van der Waals surface area contributed by atoms with Crippen LogP contribution in [0.2, 0.25) is 0 Å². The van der Waals surface area contributed by atoms with Crippen molar-refractivity contribution in [3.8, 4) is 0 Å². The number of amides is 1. The molecular formula is C19H25N3O3S. The SMILES string of the molecule is Cc1ccc(S(=O)(=O)CCC(=O)N2CCCC(Cn3ccnc3)C2)cc1. The van der Waals surface area contributed by atoms with Crippen molar-refractivity contribution in [1.82, 2.24) is 14.5 Å². The van der Waals surface area contributed by atoms with Crippen LogP contribution >= 0.6 is 0 Å². The summed E-state index contributed by atoms with van der Waals surface area (Å²) in [6.45, 7) is 4.15. The predicted octanol–water partition coefficient (Wildman–Crippen LogP) is 2.29. The molecule has 1 fully saturated rings. The third-order valence-electron chi connectivity index (χ3n) is 4.86. The highest BCUT2D eigenvalue weighted by molar-refractivity contribution is 7.91. The monoisotopic (exact) mass is 375 g/mol. The largest absolute Gasteiger partial charge is 0.342 e. The van der Waals surface area contributed by atoms with Gasteiger partial charge in [-0.25, -0.2) is 13.4 Å². The molecule has 26 heavy (non-hydrogen) atoms. The van der Waals surface area contributed by atoms with Crippen molar-refractivity contribution < 1.29 is 13.2 Å². The number of imidazole rings is 1. The second kappa shape index (κ2) is 8.03. The van der Waals surface area contributed by atoms with Crippen LogP contribution < -0.4 is 0 Å². The van der Waals surface area contributed by atoms with Gasteiger partial charge in [0.15, 0.2) is 9.84 Å². The van der Waals surface area contributed by atoms with Gasteiger partial charge in [-0.2, -0.15) is 0 Å². The predicted molar refractivity (Wildman–Crippen MR) is 99.4 cm³/mol. The summed E-state index contributed by atoms with van der Waals surface area (Å²) in [6.07, 6.45) is 7.53. The molecule has 6 nitrogen and oxygen atoms in total. The van der Waals surface area contributed by atoms with E-state index in [-0.39, 0.29) is 23.0 Å². The molecule has 1 aliphatic rings. The standard InChI is InChI=1S/C19H25N3O3S/c1-16-4-6-18(7-5-16)26(24,25)12-8-19(23)22-10-2-3-17(14-22)13-21-11-9-20-15-21/h4-7,9,11,15,17H,2-3,8,10,12-14H2,1H3. The molecule has 2 heterocycles. The Morgan fingerprint density at radius 3 is 2.73 bits per heavy atom. The van der Waals surface area contributed by atoms with Crippen LogP contribution in [0.4, 0.5) is 0 Å². The minimum Gasteiger partial charge on any atom is -0.342 e. The number of carbonyl (C=O) groups excluding carboxylic acids is 1. The Hall–Kier alpha value is -2.15. The van der Waals surface area contributed by atoms with Crippen molar-refractivity contribution in [2.24, 2.45) is 5.92 Å². The lowest BCUT2D eigenvalue weighted by Crippen LogP contribution is -2.41. The van der Waals surface area contributed by atoms with Crippen LogP contribution in [0.3, 0.4) is 0 Å². The van der Waals surface area contributed by atoms with Gasteiger partial charge >= 0.3 is 0 Å². The molecule has 0 aliphatic carbocycles. The Morgan fingerprint density at radius 1 is 1.27 bits per heavy atom. The molecule has 1 atom stereocenters. The van der Waals surface area contributed by atoms with Crippen molar-refractivity contribution in [1.29, 1.82) is 0 Å². The van der Waals surface area contributed by atoms with E-state index in [9.17, 15) is 13.2 Å². The molecule has 1 amide bonds. The summed E-state index contributed by atoms with van der Waals surface area (Å²) in [6, 6.07) is 6.77. The first-order chi connectivity index (χ1) is 12.4. The number of aromatic nitrogens is 2. The molecular weight excluding hydrogens is 350 g/mol. The molecule has 7 heteroatoms. The number of rotatable bonds is 6. The highest BCUT2D eigenvalue weighted by atomic mass is 32.2. The number of likely N-dealkylation sites (tertiary alicyclic amines) is 1. The summed E-state index contributed by atoms with van der Waals surface area (Å²) in [4.78, 5) is 18.7. The number of benzene rings is 1. The summed E-state index contributed by atoms with van der Waals surface area (Å²) in [5.41, 5.74) is 1.01. The third-order valence-corrected chi connectivity index (χ3v) is 6.60. The van der Waals surface area contributed by atoms with E-state index in [2.05, 4.69) is 4.98 Å². The van der Waals surface area contributed by atoms with E-state index in [0.29, 0.717) is 19.0 Å². The summed E-state index contributed by atoms with van der Waals surface area (Å²) in [5.74, 6) is 0.170. The van der Waals surface area contributed by atoms with Gasteiger partial charge in [0.05, 0.1) is 17.0 Å². The lowest BCUT2D eigenvalue weighted by atomic mass is 9.97. The molecule has 140 valence electrons. The van der Waals surface area contributed by atoms with Crippen LogP contribution in [-0.4, -0.2) is 47.6 Å². The summed E-state index contributed by atoms with van der Waals surface area (Å²) in [5, 5.41) is 0. The van der Waals surface area contributed by atoms with Crippen LogP contribution in [-0.2, 0) is 21.2 Å². The first kappa shape index (κ1) is 18.6. The molecule has 2 aromatic rings. The van der Waals surface area contributed by atoms with E-state index < -0.39 is 9.84 Å². The maximum absolute atomic E-state index is 12.5. The fourth-order valence-corrected chi connectivity index (χ4v) is 4.61. The fourth-order valence-electron chi connectivity index (χ4n) is 3.38. The summed E-state index contributed by atoms with van der Waals surface area (Å²) in [7, 11) is -3.43. The average molecular weight is 375 g/mol. The van der Waals surface area contributed by atoms with Crippen molar-refractivity contribution in [3.63, 3.8) is 0 Å². The van der Waals surface area contributed by atoms with E-state index in [1.54, 1.807) is 36.8 Å². The van der Waals surface area contributed by atoms with E-state index in [1.165, 1.54) is 0 Å². The van der Waals surface area contributed by atoms with Gasteiger partial charge < -0.3 is 9.47 Å². The smallest absolute Gasteiger partial charge is 0.223 e. The third kappa shape index (κ3) is 4.72. The first-order valence-corrected chi connectivity index (χ1v) is 10.6. The van der Waals surface area contributed by atoms with E-state index in [1.807, 2.05) is 22.6 Å². The second-order valence-corrected chi connectivity index (χ2v) is 9.10. The lowest BCUT2D eigenvalue weighted by molar-refractivity contribution is -0.132. The van der Waals surface area contributed by atoms with E-state index >= 15 is 0 Å². The minimum absolute atomic E-state index is 0.0357. The van der Waals surface area contributed by atoms with Gasteiger partial charge in [0.1, 0.15) is 0 Å². The van der Waals surface area contributed by atoms with Crippen LogP contribution in [0, 0.1) is 12.8 Å². The number of carbonyl (C=O) groups is 1. The summed E-state index contributed by atoms with van der Waals surface area (Å²) >= 11 is 0. The molecule has 1 aromatic heterocycles. The normalized spacial score (nSPS) is 18.0. The Labute approximate surface area is 154 Å². The molecule has 0 saturated carbocycles. The number of piperidine rings is 1. The number of hydrogen-bond acceptors (Lipinski definition) is 4. The number of hydrogen-bond donors (Lipinski definition) is 0. The quantitative estimate of drug-likeness (QED) is 0.777. The van der Waals surface area contributed by atoms with Crippen molar-refractivity contribution in [2.45, 2.75) is 37.6 Å². The van der Waals surface area contributed by atoms with E-state index in [4.69, 9.17) is 0 Å². The first-order valence-electron chi connectivity index (χ1n) is 8.97. The highest BCUT2D eigenvalue weighted by Gasteiger charge is 2.25. The second-order valence-electron chi connectivity index (χ2n) is 6.99. The average Bonchev–Trinajstić information content (AvgIpc) is 3.13. The van der Waals surface area contributed by atoms with Crippen molar-refractivity contribution in [3.05, 3.63) is 48.5 Å². The zero-order chi connectivity index (χ0) is 18.6. The van der Waals surface area contributed by atoms with Gasteiger partial charge in [0.2, 0.25) is 5.91 Å². The lowest BCUT2D eigenvalue weighted by Gasteiger charge is -2.33.